The highest BCUT2D eigenvalue weighted by molar-refractivity contribution is 5.78. The van der Waals surface area contributed by atoms with Crippen LogP contribution in [-0.2, 0) is 4.79 Å². The quantitative estimate of drug-likeness (QED) is 0.669. The first-order valence-corrected chi connectivity index (χ1v) is 5.27. The van der Waals surface area contributed by atoms with E-state index in [2.05, 4.69) is 5.32 Å². The average molecular weight is 199 g/mol. The molecule has 1 aliphatic carbocycles. The van der Waals surface area contributed by atoms with Gasteiger partial charge in [-0.05, 0) is 39.8 Å². The van der Waals surface area contributed by atoms with Gasteiger partial charge < -0.3 is 16.0 Å². The lowest BCUT2D eigenvalue weighted by Gasteiger charge is -2.27. The topological polar surface area (TPSA) is 58.4 Å². The molecular formula is C10H21N3O. The zero-order valence-electron chi connectivity index (χ0n) is 9.12. The van der Waals surface area contributed by atoms with E-state index in [9.17, 15) is 4.79 Å². The Morgan fingerprint density at radius 2 is 1.93 bits per heavy atom. The molecule has 0 aromatic carbocycles. The molecule has 4 heteroatoms. The van der Waals surface area contributed by atoms with Gasteiger partial charge >= 0.3 is 0 Å². The summed E-state index contributed by atoms with van der Waals surface area (Å²) >= 11 is 0. The standard InChI is InChI=1S/C10H21N3O/c1-13(2)7-10(14)12-9-5-3-8(11)4-6-9/h8-9H,3-7,11H2,1-2H3,(H,12,14)/t8-,9-. The predicted molar refractivity (Wildman–Crippen MR) is 56.9 cm³/mol. The maximum absolute atomic E-state index is 11.4. The van der Waals surface area contributed by atoms with Crippen LogP contribution in [0.3, 0.4) is 0 Å². The fourth-order valence-electron chi connectivity index (χ4n) is 1.82. The summed E-state index contributed by atoms with van der Waals surface area (Å²) < 4.78 is 0. The Labute approximate surface area is 85.8 Å². The molecule has 0 atom stereocenters. The number of carbonyl (C=O) groups excluding carboxylic acids is 1. The van der Waals surface area contributed by atoms with Crippen LogP contribution in [0, 0.1) is 0 Å². The van der Waals surface area contributed by atoms with Gasteiger partial charge in [-0.1, -0.05) is 0 Å². The maximum atomic E-state index is 11.4. The molecule has 82 valence electrons. The molecule has 4 nitrogen and oxygen atoms in total. The predicted octanol–water partition coefficient (Wildman–Crippen LogP) is -0.0659. The van der Waals surface area contributed by atoms with Crippen LogP contribution in [0.25, 0.3) is 0 Å². The highest BCUT2D eigenvalue weighted by atomic mass is 16.2. The molecule has 0 aliphatic heterocycles. The van der Waals surface area contributed by atoms with Crippen molar-refractivity contribution in [2.45, 2.75) is 37.8 Å². The Hall–Kier alpha value is -0.610. The van der Waals surface area contributed by atoms with Gasteiger partial charge in [0, 0.05) is 12.1 Å². The molecule has 1 fully saturated rings. The molecule has 0 unspecified atom stereocenters. The zero-order chi connectivity index (χ0) is 10.6. The number of nitrogens with one attached hydrogen (secondary N) is 1. The number of likely N-dealkylation sites (N-methyl/N-ethyl adjacent to an activating group) is 1. The van der Waals surface area contributed by atoms with Crippen LogP contribution in [0.5, 0.6) is 0 Å². The molecule has 14 heavy (non-hydrogen) atoms. The Morgan fingerprint density at radius 1 is 1.36 bits per heavy atom. The minimum Gasteiger partial charge on any atom is -0.352 e. The molecule has 0 heterocycles. The number of nitrogens with zero attached hydrogens (tertiary/aromatic N) is 1. The van der Waals surface area contributed by atoms with E-state index in [0.717, 1.165) is 25.7 Å². The molecule has 0 radical (unpaired) electrons. The summed E-state index contributed by atoms with van der Waals surface area (Å²) in [5.41, 5.74) is 5.79. The fourth-order valence-corrected chi connectivity index (χ4v) is 1.82. The molecule has 0 spiro atoms. The molecule has 1 rings (SSSR count). The number of rotatable bonds is 3. The van der Waals surface area contributed by atoms with Gasteiger partial charge in [-0.2, -0.15) is 0 Å². The first kappa shape index (κ1) is 11.5. The second-order valence-corrected chi connectivity index (χ2v) is 4.42. The second-order valence-electron chi connectivity index (χ2n) is 4.42. The van der Waals surface area contributed by atoms with Gasteiger partial charge in [0.05, 0.1) is 6.54 Å². The van der Waals surface area contributed by atoms with E-state index in [1.54, 1.807) is 0 Å². The van der Waals surface area contributed by atoms with E-state index < -0.39 is 0 Å². The molecule has 1 saturated carbocycles. The second kappa shape index (κ2) is 5.32. The SMILES string of the molecule is CN(C)CC(=O)N[C@H]1CC[C@H](N)CC1. The number of hydrogen-bond donors (Lipinski definition) is 2. The van der Waals surface area contributed by atoms with Gasteiger partial charge in [0.15, 0.2) is 0 Å². The van der Waals surface area contributed by atoms with Crippen molar-refractivity contribution in [1.82, 2.24) is 10.2 Å². The van der Waals surface area contributed by atoms with Crippen LogP contribution in [0.4, 0.5) is 0 Å². The van der Waals surface area contributed by atoms with Crippen LogP contribution >= 0.6 is 0 Å². The molecule has 0 saturated heterocycles. The summed E-state index contributed by atoms with van der Waals surface area (Å²) in [4.78, 5) is 13.3. The van der Waals surface area contributed by atoms with Crippen LogP contribution in [0.15, 0.2) is 0 Å². The molecule has 1 amide bonds. The Morgan fingerprint density at radius 3 is 2.43 bits per heavy atom. The molecule has 0 aromatic rings. The fraction of sp³-hybridized carbons (Fsp3) is 0.900. The summed E-state index contributed by atoms with van der Waals surface area (Å²) in [6.07, 6.45) is 4.13. The molecule has 1 aliphatic rings. The van der Waals surface area contributed by atoms with Crippen molar-refractivity contribution in [3.05, 3.63) is 0 Å². The third-order valence-electron chi connectivity index (χ3n) is 2.60. The van der Waals surface area contributed by atoms with E-state index in [1.165, 1.54) is 0 Å². The van der Waals surface area contributed by atoms with E-state index in [1.807, 2.05) is 19.0 Å². The first-order valence-electron chi connectivity index (χ1n) is 5.27. The minimum absolute atomic E-state index is 0.121. The van der Waals surface area contributed by atoms with Crippen molar-refractivity contribution in [2.24, 2.45) is 5.73 Å². The van der Waals surface area contributed by atoms with Gasteiger partial charge in [-0.15, -0.1) is 0 Å². The lowest BCUT2D eigenvalue weighted by atomic mass is 9.92. The summed E-state index contributed by atoms with van der Waals surface area (Å²) in [6, 6.07) is 0.694. The first-order chi connectivity index (χ1) is 6.58. The van der Waals surface area contributed by atoms with Crippen LogP contribution < -0.4 is 11.1 Å². The molecule has 0 aromatic heterocycles. The monoisotopic (exact) mass is 199 g/mol. The highest BCUT2D eigenvalue weighted by Crippen LogP contribution is 2.16. The van der Waals surface area contributed by atoms with Gasteiger partial charge in [-0.3, -0.25) is 4.79 Å². The van der Waals surface area contributed by atoms with Gasteiger partial charge in [0.1, 0.15) is 0 Å². The van der Waals surface area contributed by atoms with Crippen molar-refractivity contribution in [3.8, 4) is 0 Å². The van der Waals surface area contributed by atoms with Crippen molar-refractivity contribution in [2.75, 3.05) is 20.6 Å². The maximum Gasteiger partial charge on any atom is 0.234 e. The molecule has 0 bridgehead atoms. The number of nitrogens with two attached hydrogens (primary N) is 1. The van der Waals surface area contributed by atoms with Crippen LogP contribution in [0.2, 0.25) is 0 Å². The normalized spacial score (nSPS) is 27.7. The van der Waals surface area contributed by atoms with E-state index in [0.29, 0.717) is 18.6 Å². The summed E-state index contributed by atoms with van der Waals surface area (Å²) in [5.74, 6) is 0.121. The van der Waals surface area contributed by atoms with Crippen molar-refractivity contribution >= 4 is 5.91 Å². The summed E-state index contributed by atoms with van der Waals surface area (Å²) in [7, 11) is 3.80. The smallest absolute Gasteiger partial charge is 0.234 e. The Bertz CT molecular complexity index is 186. The number of hydrogen-bond acceptors (Lipinski definition) is 3. The summed E-state index contributed by atoms with van der Waals surface area (Å²) in [5, 5.41) is 3.03. The van der Waals surface area contributed by atoms with E-state index in [4.69, 9.17) is 5.73 Å². The largest absolute Gasteiger partial charge is 0.352 e. The molecule has 3 N–H and O–H groups in total. The van der Waals surface area contributed by atoms with E-state index in [-0.39, 0.29) is 5.91 Å². The van der Waals surface area contributed by atoms with Gasteiger partial charge in [0.2, 0.25) is 5.91 Å². The summed E-state index contributed by atoms with van der Waals surface area (Å²) in [6.45, 7) is 0.475. The molecular weight excluding hydrogens is 178 g/mol. The van der Waals surface area contributed by atoms with E-state index >= 15 is 0 Å². The Balaban J connectivity index is 2.20. The van der Waals surface area contributed by atoms with Gasteiger partial charge in [-0.25, -0.2) is 0 Å². The average Bonchev–Trinajstić information content (AvgIpc) is 2.07. The Kier molecular flexibility index (Phi) is 4.35. The third kappa shape index (κ3) is 4.07. The van der Waals surface area contributed by atoms with Crippen molar-refractivity contribution < 1.29 is 4.79 Å². The lowest BCUT2D eigenvalue weighted by molar-refractivity contribution is -0.122. The van der Waals surface area contributed by atoms with Crippen molar-refractivity contribution in [3.63, 3.8) is 0 Å². The zero-order valence-corrected chi connectivity index (χ0v) is 9.12. The van der Waals surface area contributed by atoms with Crippen LogP contribution in [-0.4, -0.2) is 43.5 Å². The van der Waals surface area contributed by atoms with Crippen molar-refractivity contribution in [1.29, 1.82) is 0 Å². The lowest BCUT2D eigenvalue weighted by Crippen LogP contribution is -2.43. The number of carbonyl (C=O) groups is 1. The van der Waals surface area contributed by atoms with Crippen LogP contribution in [0.1, 0.15) is 25.7 Å². The highest BCUT2D eigenvalue weighted by Gasteiger charge is 2.19. The minimum atomic E-state index is 0.121. The number of amides is 1. The van der Waals surface area contributed by atoms with Gasteiger partial charge in [0.25, 0.3) is 0 Å². The third-order valence-corrected chi connectivity index (χ3v) is 2.60.